The molecule has 0 spiro atoms. The Labute approximate surface area is 183 Å². The highest BCUT2D eigenvalue weighted by Crippen LogP contribution is 2.22. The standard InChI is InChI=1S/C24H28N2O3S/c1-16(2)17-8-10-18(11-9-17)22(27)26-24(30)25-20-14-12-19(13-15-20)23(28)29-21-6-4-3-5-7-21/h8-16,21H,3-7H2,1-2H3,(H2,25,26,27,30). The Bertz CT molecular complexity index is 886. The predicted octanol–water partition coefficient (Wildman–Crippen LogP) is 5.43. The van der Waals surface area contributed by atoms with E-state index < -0.39 is 0 Å². The van der Waals surface area contributed by atoms with E-state index >= 15 is 0 Å². The maximum atomic E-state index is 12.4. The van der Waals surface area contributed by atoms with Crippen molar-refractivity contribution in [1.29, 1.82) is 0 Å². The third-order valence-corrected chi connectivity index (χ3v) is 5.48. The number of carbonyl (C=O) groups excluding carboxylic acids is 2. The van der Waals surface area contributed by atoms with Gasteiger partial charge in [-0.1, -0.05) is 32.4 Å². The number of benzene rings is 2. The van der Waals surface area contributed by atoms with Gasteiger partial charge in [-0.05, 0) is 85.8 Å². The molecule has 0 saturated heterocycles. The van der Waals surface area contributed by atoms with E-state index in [1.807, 2.05) is 12.1 Å². The summed E-state index contributed by atoms with van der Waals surface area (Å²) in [6.07, 6.45) is 5.37. The van der Waals surface area contributed by atoms with Crippen LogP contribution in [0.15, 0.2) is 48.5 Å². The van der Waals surface area contributed by atoms with Crippen molar-refractivity contribution >= 4 is 34.9 Å². The van der Waals surface area contributed by atoms with Gasteiger partial charge in [0.05, 0.1) is 5.56 Å². The molecule has 2 aromatic rings. The zero-order valence-electron chi connectivity index (χ0n) is 17.4. The lowest BCUT2D eigenvalue weighted by Crippen LogP contribution is -2.34. The first-order chi connectivity index (χ1) is 14.4. The van der Waals surface area contributed by atoms with E-state index in [1.54, 1.807) is 36.4 Å². The average molecular weight is 425 g/mol. The fourth-order valence-corrected chi connectivity index (χ4v) is 3.66. The van der Waals surface area contributed by atoms with Gasteiger partial charge in [-0.25, -0.2) is 4.79 Å². The van der Waals surface area contributed by atoms with E-state index in [9.17, 15) is 9.59 Å². The maximum absolute atomic E-state index is 12.4. The molecule has 0 unspecified atom stereocenters. The van der Waals surface area contributed by atoms with Crippen LogP contribution in [0.1, 0.15) is 78.1 Å². The highest BCUT2D eigenvalue weighted by molar-refractivity contribution is 7.80. The van der Waals surface area contributed by atoms with E-state index in [0.717, 1.165) is 25.7 Å². The van der Waals surface area contributed by atoms with Gasteiger partial charge in [0.2, 0.25) is 0 Å². The number of ether oxygens (including phenoxy) is 1. The Hall–Kier alpha value is -2.73. The Balaban J connectivity index is 1.51. The molecule has 1 amide bonds. The van der Waals surface area contributed by atoms with Crippen molar-refractivity contribution in [3.05, 3.63) is 65.2 Å². The van der Waals surface area contributed by atoms with Crippen LogP contribution < -0.4 is 10.6 Å². The fourth-order valence-electron chi connectivity index (χ4n) is 3.45. The third kappa shape index (κ3) is 6.13. The first-order valence-electron chi connectivity index (χ1n) is 10.5. The van der Waals surface area contributed by atoms with Crippen LogP contribution in [-0.4, -0.2) is 23.1 Å². The summed E-state index contributed by atoms with van der Waals surface area (Å²) in [6, 6.07) is 14.4. The lowest BCUT2D eigenvalue weighted by Gasteiger charge is -2.21. The van der Waals surface area contributed by atoms with Gasteiger partial charge in [0.1, 0.15) is 6.10 Å². The Morgan fingerprint density at radius 2 is 1.53 bits per heavy atom. The van der Waals surface area contributed by atoms with Gasteiger partial charge in [-0.15, -0.1) is 0 Å². The molecular formula is C24H28N2O3S. The smallest absolute Gasteiger partial charge is 0.338 e. The monoisotopic (exact) mass is 424 g/mol. The number of hydrogen-bond donors (Lipinski definition) is 2. The average Bonchev–Trinajstić information content (AvgIpc) is 2.75. The van der Waals surface area contributed by atoms with Crippen molar-refractivity contribution in [2.24, 2.45) is 0 Å². The van der Waals surface area contributed by atoms with Crippen molar-refractivity contribution < 1.29 is 14.3 Å². The molecule has 1 aliphatic carbocycles. The number of rotatable bonds is 5. The van der Waals surface area contributed by atoms with Crippen molar-refractivity contribution in [2.75, 3.05) is 5.32 Å². The molecule has 3 rings (SSSR count). The normalized spacial score (nSPS) is 14.2. The van der Waals surface area contributed by atoms with Crippen LogP contribution in [0.2, 0.25) is 0 Å². The predicted molar refractivity (Wildman–Crippen MR) is 123 cm³/mol. The van der Waals surface area contributed by atoms with Crippen LogP contribution in [0.5, 0.6) is 0 Å². The van der Waals surface area contributed by atoms with Crippen LogP contribution in [0.3, 0.4) is 0 Å². The fraction of sp³-hybridized carbons (Fsp3) is 0.375. The van der Waals surface area contributed by atoms with Gasteiger partial charge in [0.15, 0.2) is 5.11 Å². The number of carbonyl (C=O) groups is 2. The first-order valence-corrected chi connectivity index (χ1v) is 10.9. The SMILES string of the molecule is CC(C)c1ccc(C(=O)NC(=S)Nc2ccc(C(=O)OC3CCCCC3)cc2)cc1. The lowest BCUT2D eigenvalue weighted by atomic mass is 9.98. The summed E-state index contributed by atoms with van der Waals surface area (Å²) < 4.78 is 5.58. The molecule has 0 aliphatic heterocycles. The number of esters is 1. The Morgan fingerprint density at radius 1 is 0.933 bits per heavy atom. The summed E-state index contributed by atoms with van der Waals surface area (Å²) in [7, 11) is 0. The van der Waals surface area contributed by atoms with Crippen LogP contribution >= 0.6 is 12.2 Å². The summed E-state index contributed by atoms with van der Waals surface area (Å²) in [5.74, 6) is -0.155. The van der Waals surface area contributed by atoms with Gasteiger partial charge >= 0.3 is 5.97 Å². The number of hydrogen-bond acceptors (Lipinski definition) is 4. The van der Waals surface area contributed by atoms with Gasteiger partial charge in [-0.2, -0.15) is 0 Å². The molecule has 30 heavy (non-hydrogen) atoms. The second-order valence-corrected chi connectivity index (χ2v) is 8.34. The molecule has 0 bridgehead atoms. The molecule has 0 atom stereocenters. The third-order valence-electron chi connectivity index (χ3n) is 5.27. The van der Waals surface area contributed by atoms with E-state index in [2.05, 4.69) is 24.5 Å². The van der Waals surface area contributed by atoms with Gasteiger partial charge in [0, 0.05) is 11.3 Å². The van der Waals surface area contributed by atoms with E-state index in [-0.39, 0.29) is 23.1 Å². The van der Waals surface area contributed by atoms with Crippen molar-refractivity contribution in [2.45, 2.75) is 58.0 Å². The quantitative estimate of drug-likeness (QED) is 0.495. The molecule has 2 aromatic carbocycles. The minimum Gasteiger partial charge on any atom is -0.459 e. The molecule has 0 aromatic heterocycles. The number of amides is 1. The number of nitrogens with one attached hydrogen (secondary N) is 2. The van der Waals surface area contributed by atoms with E-state index in [4.69, 9.17) is 17.0 Å². The molecule has 6 heteroatoms. The summed E-state index contributed by atoms with van der Waals surface area (Å²) in [6.45, 7) is 4.21. The molecule has 1 saturated carbocycles. The summed E-state index contributed by atoms with van der Waals surface area (Å²) in [4.78, 5) is 24.6. The highest BCUT2D eigenvalue weighted by Gasteiger charge is 2.18. The first kappa shape index (κ1) is 22.0. The zero-order chi connectivity index (χ0) is 21.5. The largest absolute Gasteiger partial charge is 0.459 e. The van der Waals surface area contributed by atoms with Gasteiger partial charge < -0.3 is 10.1 Å². The zero-order valence-corrected chi connectivity index (χ0v) is 18.3. The molecule has 2 N–H and O–H groups in total. The van der Waals surface area contributed by atoms with E-state index in [0.29, 0.717) is 22.7 Å². The van der Waals surface area contributed by atoms with Gasteiger partial charge in [0.25, 0.3) is 5.91 Å². The van der Waals surface area contributed by atoms with Crippen LogP contribution in [0.4, 0.5) is 5.69 Å². The van der Waals surface area contributed by atoms with Crippen LogP contribution in [0, 0.1) is 0 Å². The summed E-state index contributed by atoms with van der Waals surface area (Å²) in [5.41, 5.74) is 2.91. The minimum atomic E-state index is -0.297. The topological polar surface area (TPSA) is 67.4 Å². The molecular weight excluding hydrogens is 396 g/mol. The van der Waals surface area contributed by atoms with Crippen molar-refractivity contribution in [3.63, 3.8) is 0 Å². The molecule has 0 radical (unpaired) electrons. The van der Waals surface area contributed by atoms with Crippen molar-refractivity contribution in [1.82, 2.24) is 5.32 Å². The number of anilines is 1. The molecule has 0 heterocycles. The number of thiocarbonyl (C=S) groups is 1. The summed E-state index contributed by atoms with van der Waals surface area (Å²) in [5, 5.41) is 5.84. The van der Waals surface area contributed by atoms with Crippen LogP contribution in [0.25, 0.3) is 0 Å². The van der Waals surface area contributed by atoms with Gasteiger partial charge in [-0.3, -0.25) is 10.1 Å². The lowest BCUT2D eigenvalue weighted by molar-refractivity contribution is 0.0211. The highest BCUT2D eigenvalue weighted by atomic mass is 32.1. The van der Waals surface area contributed by atoms with E-state index in [1.165, 1.54) is 12.0 Å². The molecule has 5 nitrogen and oxygen atoms in total. The second kappa shape index (κ2) is 10.3. The maximum Gasteiger partial charge on any atom is 0.338 e. The molecule has 1 aliphatic rings. The van der Waals surface area contributed by atoms with Crippen molar-refractivity contribution in [3.8, 4) is 0 Å². The molecule has 158 valence electrons. The Kier molecular flexibility index (Phi) is 7.57. The Morgan fingerprint density at radius 3 is 2.13 bits per heavy atom. The van der Waals surface area contributed by atoms with Crippen LogP contribution in [-0.2, 0) is 4.74 Å². The second-order valence-electron chi connectivity index (χ2n) is 7.93. The minimum absolute atomic E-state index is 0.0291. The summed E-state index contributed by atoms with van der Waals surface area (Å²) >= 11 is 5.24. The molecule has 1 fully saturated rings.